The highest BCUT2D eigenvalue weighted by atomic mass is 32.2. The predicted octanol–water partition coefficient (Wildman–Crippen LogP) is 3.51. The van der Waals surface area contributed by atoms with Gasteiger partial charge in [-0.2, -0.15) is 0 Å². The number of primary amides is 1. The van der Waals surface area contributed by atoms with Crippen LogP contribution < -0.4 is 16.6 Å². The van der Waals surface area contributed by atoms with Gasteiger partial charge in [0.25, 0.3) is 5.91 Å². The molecule has 172 valence electrons. The van der Waals surface area contributed by atoms with Crippen molar-refractivity contribution >= 4 is 33.7 Å². The number of benzene rings is 2. The van der Waals surface area contributed by atoms with Crippen molar-refractivity contribution in [1.82, 2.24) is 0 Å². The number of hydrogen-bond acceptors (Lipinski definition) is 5. The molecule has 0 atom stereocenters. The van der Waals surface area contributed by atoms with Crippen molar-refractivity contribution in [2.75, 3.05) is 5.73 Å². The molecule has 1 amide bonds. The number of anilines is 1. The van der Waals surface area contributed by atoms with Crippen LogP contribution in [-0.2, 0) is 14.8 Å². The minimum absolute atomic E-state index is 0.0527. The Bertz CT molecular complexity index is 1120. The number of hydrogen-bond donors (Lipinski definition) is 4. The summed E-state index contributed by atoms with van der Waals surface area (Å²) >= 11 is 0. The maximum Gasteiger partial charge on any atom is 0.331 e. The second-order valence-electron chi connectivity index (χ2n) is 7.60. The molecular weight excluding hydrogens is 430 g/mol. The lowest BCUT2D eigenvalue weighted by molar-refractivity contribution is -0.132. The van der Waals surface area contributed by atoms with Crippen LogP contribution in [0.2, 0.25) is 0 Å². The largest absolute Gasteiger partial charge is 0.478 e. The molecule has 0 bridgehead atoms. The number of nitrogen functional groups attached to an aromatic ring is 1. The summed E-state index contributed by atoms with van der Waals surface area (Å²) in [6.45, 7) is 2.11. The number of carbonyl (C=O) groups excluding carboxylic acids is 1. The molecule has 2 rings (SSSR count). The Morgan fingerprint density at radius 3 is 2.19 bits per heavy atom. The van der Waals surface area contributed by atoms with E-state index in [1.54, 1.807) is 6.07 Å². The highest BCUT2D eigenvalue weighted by Gasteiger charge is 2.16. The van der Waals surface area contributed by atoms with Crippen LogP contribution in [0.25, 0.3) is 17.2 Å². The van der Waals surface area contributed by atoms with Crippen LogP contribution in [0.4, 0.5) is 5.69 Å². The predicted molar refractivity (Wildman–Crippen MR) is 125 cm³/mol. The van der Waals surface area contributed by atoms with Crippen LogP contribution >= 0.6 is 0 Å². The van der Waals surface area contributed by atoms with E-state index in [1.165, 1.54) is 36.4 Å². The van der Waals surface area contributed by atoms with Crippen molar-refractivity contribution in [2.45, 2.75) is 50.3 Å². The highest BCUT2D eigenvalue weighted by molar-refractivity contribution is 7.89. The topological polar surface area (TPSA) is 167 Å². The van der Waals surface area contributed by atoms with E-state index in [1.807, 2.05) is 0 Å². The van der Waals surface area contributed by atoms with Crippen molar-refractivity contribution in [3.63, 3.8) is 0 Å². The van der Waals surface area contributed by atoms with Gasteiger partial charge in [-0.25, -0.2) is 18.4 Å². The number of carboxylic acid groups (broad SMARTS) is 1. The maximum absolute atomic E-state index is 11.9. The minimum Gasteiger partial charge on any atom is -0.478 e. The first-order valence-corrected chi connectivity index (χ1v) is 11.9. The summed E-state index contributed by atoms with van der Waals surface area (Å²) in [7, 11) is -3.86. The van der Waals surface area contributed by atoms with E-state index in [2.05, 4.69) is 6.92 Å². The number of aliphatic carboxylic acids is 1. The normalized spacial score (nSPS) is 12.0. The molecule has 0 spiro atoms. The molecule has 0 aromatic heterocycles. The molecule has 0 aliphatic carbocycles. The lowest BCUT2D eigenvalue weighted by atomic mass is 9.95. The molecular formula is C23H29N3O5S. The molecule has 0 fully saturated rings. The van der Waals surface area contributed by atoms with Gasteiger partial charge >= 0.3 is 5.97 Å². The van der Waals surface area contributed by atoms with Gasteiger partial charge in [0.15, 0.2) is 0 Å². The lowest BCUT2D eigenvalue weighted by Gasteiger charge is -2.13. The van der Waals surface area contributed by atoms with Crippen LogP contribution in [0.15, 0.2) is 46.9 Å². The van der Waals surface area contributed by atoms with Gasteiger partial charge in [0, 0.05) is 11.1 Å². The Kier molecular flexibility index (Phi) is 8.56. The zero-order chi connectivity index (χ0) is 23.9. The Balaban J connectivity index is 2.47. The standard InChI is InChI=1S/C23H29N3O5S/c1-2-3-4-5-6-7-17(23(28)29)12-15-13-19(21(24)20(14-15)22(25)27)16-8-10-18(11-9-16)32(26,30)31/h8-14H,2-7,24H2,1H3,(H2,25,27)(H,28,29)(H2,26,30,31)/b17-12+. The molecule has 0 unspecified atom stereocenters. The molecule has 2 aromatic carbocycles. The minimum atomic E-state index is -3.86. The molecule has 0 heterocycles. The number of unbranched alkanes of at least 4 members (excludes halogenated alkanes) is 4. The van der Waals surface area contributed by atoms with E-state index < -0.39 is 21.9 Å². The summed E-state index contributed by atoms with van der Waals surface area (Å²) < 4.78 is 23.0. The van der Waals surface area contributed by atoms with Crippen molar-refractivity contribution in [1.29, 1.82) is 0 Å². The molecule has 8 nitrogen and oxygen atoms in total. The fraction of sp³-hybridized carbons (Fsp3) is 0.304. The third-order valence-corrected chi connectivity index (χ3v) is 6.06. The van der Waals surface area contributed by atoms with E-state index in [0.717, 1.165) is 32.1 Å². The van der Waals surface area contributed by atoms with Crippen molar-refractivity contribution in [3.05, 3.63) is 53.1 Å². The first-order valence-electron chi connectivity index (χ1n) is 10.3. The van der Waals surface area contributed by atoms with Crippen LogP contribution in [0.1, 0.15) is 61.4 Å². The van der Waals surface area contributed by atoms with E-state index in [4.69, 9.17) is 16.6 Å². The molecule has 7 N–H and O–H groups in total. The smallest absolute Gasteiger partial charge is 0.331 e. The zero-order valence-electron chi connectivity index (χ0n) is 18.0. The second-order valence-corrected chi connectivity index (χ2v) is 9.16. The average molecular weight is 460 g/mol. The van der Waals surface area contributed by atoms with Gasteiger partial charge in [-0.1, -0.05) is 44.7 Å². The molecule has 0 aliphatic heterocycles. The fourth-order valence-corrected chi connectivity index (χ4v) is 3.90. The summed E-state index contributed by atoms with van der Waals surface area (Å²) in [4.78, 5) is 23.6. The quantitative estimate of drug-likeness (QED) is 0.228. The molecule has 0 saturated heterocycles. The van der Waals surface area contributed by atoms with Gasteiger partial charge in [-0.15, -0.1) is 0 Å². The number of primary sulfonamides is 1. The molecule has 9 heteroatoms. The van der Waals surface area contributed by atoms with Gasteiger partial charge in [-0.05, 0) is 54.3 Å². The van der Waals surface area contributed by atoms with Crippen molar-refractivity contribution < 1.29 is 23.1 Å². The monoisotopic (exact) mass is 459 g/mol. The number of nitrogens with two attached hydrogens (primary N) is 3. The third-order valence-electron chi connectivity index (χ3n) is 5.13. The van der Waals surface area contributed by atoms with E-state index >= 15 is 0 Å². The summed E-state index contributed by atoms with van der Waals surface area (Å²) in [5, 5.41) is 14.7. The number of sulfonamides is 1. The number of carbonyl (C=O) groups is 2. The van der Waals surface area contributed by atoms with Crippen LogP contribution in [-0.4, -0.2) is 25.4 Å². The van der Waals surface area contributed by atoms with Crippen molar-refractivity contribution in [2.24, 2.45) is 10.9 Å². The van der Waals surface area contributed by atoms with Crippen LogP contribution in [0.3, 0.4) is 0 Å². The third kappa shape index (κ3) is 6.66. The summed E-state index contributed by atoms with van der Waals surface area (Å²) in [6.07, 6.45) is 6.86. The highest BCUT2D eigenvalue weighted by Crippen LogP contribution is 2.32. The molecule has 0 radical (unpaired) electrons. The lowest BCUT2D eigenvalue weighted by Crippen LogP contribution is -2.14. The Hall–Kier alpha value is -3.17. The van der Waals surface area contributed by atoms with E-state index in [9.17, 15) is 23.1 Å². The first-order chi connectivity index (χ1) is 15.0. The van der Waals surface area contributed by atoms with Gasteiger partial charge in [0.05, 0.1) is 16.1 Å². The second kappa shape index (κ2) is 10.9. The van der Waals surface area contributed by atoms with Crippen LogP contribution in [0.5, 0.6) is 0 Å². The van der Waals surface area contributed by atoms with Gasteiger partial charge in [-0.3, -0.25) is 4.79 Å². The SMILES string of the molecule is CCCCCCC/C(=C\c1cc(C(N)=O)c(N)c(-c2ccc(S(N)(=O)=O)cc2)c1)C(=O)O. The Labute approximate surface area is 188 Å². The first kappa shape index (κ1) is 25.1. The number of rotatable bonds is 11. The molecule has 0 aliphatic rings. The summed E-state index contributed by atoms with van der Waals surface area (Å²) in [6, 6.07) is 8.78. The average Bonchev–Trinajstić information content (AvgIpc) is 2.72. The van der Waals surface area contributed by atoms with Crippen LogP contribution in [0, 0.1) is 0 Å². The Morgan fingerprint density at radius 1 is 1.03 bits per heavy atom. The summed E-state index contributed by atoms with van der Waals surface area (Å²) in [5.41, 5.74) is 13.4. The van der Waals surface area contributed by atoms with Gasteiger partial charge < -0.3 is 16.6 Å². The van der Waals surface area contributed by atoms with E-state index in [-0.39, 0.29) is 21.7 Å². The molecule has 2 aromatic rings. The maximum atomic E-state index is 11.9. The zero-order valence-corrected chi connectivity index (χ0v) is 18.8. The van der Waals surface area contributed by atoms with E-state index in [0.29, 0.717) is 23.1 Å². The fourth-order valence-electron chi connectivity index (χ4n) is 3.39. The molecule has 0 saturated carbocycles. The summed E-state index contributed by atoms with van der Waals surface area (Å²) in [5.74, 6) is -1.78. The Morgan fingerprint density at radius 2 is 1.66 bits per heavy atom. The number of amides is 1. The van der Waals surface area contributed by atoms with Gasteiger partial charge in [0.2, 0.25) is 10.0 Å². The van der Waals surface area contributed by atoms with Gasteiger partial charge in [0.1, 0.15) is 0 Å². The van der Waals surface area contributed by atoms with Crippen molar-refractivity contribution in [3.8, 4) is 11.1 Å². The number of carboxylic acids is 1. The molecule has 32 heavy (non-hydrogen) atoms.